The highest BCUT2D eigenvalue weighted by Crippen LogP contribution is 2.45. The third kappa shape index (κ3) is 4.21. The Balaban J connectivity index is 1.96. The van der Waals surface area contributed by atoms with Gasteiger partial charge in [-0.3, -0.25) is 14.5 Å². The van der Waals surface area contributed by atoms with Crippen molar-refractivity contribution >= 4 is 67.3 Å². The Morgan fingerprint density at radius 3 is 2.25 bits per heavy atom. The highest BCUT2D eigenvalue weighted by Gasteiger charge is 2.41. The van der Waals surface area contributed by atoms with Gasteiger partial charge in [-0.05, 0) is 31.0 Å². The molecule has 1 fully saturated rings. The molecule has 7 heteroatoms. The molecule has 0 radical (unpaired) electrons. The van der Waals surface area contributed by atoms with Gasteiger partial charge in [-0.2, -0.15) is 0 Å². The fourth-order valence-electron chi connectivity index (χ4n) is 3.53. The number of carbonyl (C=O) groups is 2. The molecule has 4 nitrogen and oxygen atoms in total. The number of hydrogen-bond donors (Lipinski definition) is 0. The topological polar surface area (TPSA) is 40.6 Å². The monoisotopic (exact) mass is 480 g/mol. The van der Waals surface area contributed by atoms with Gasteiger partial charge in [0.15, 0.2) is 0 Å². The molecule has 150 valence electrons. The standard InChI is InChI=1S/C21H25BrN2O2S2/c1-3-5-7-11-23-16-10-9-14(22)13-15(16)17(19(23)25)18-20(26)24(21(27)28-18)12-8-6-4-2/h9-10,13H,3-8,11-12H2,1-2H3. The maximum Gasteiger partial charge on any atom is 0.267 e. The SMILES string of the molecule is CCCCCN1C(=O)C(=C2C(=O)N(CCCCC)c3ccc(Br)cc32)SC1=S. The van der Waals surface area contributed by atoms with Crippen molar-refractivity contribution in [3.8, 4) is 0 Å². The van der Waals surface area contributed by atoms with Crippen LogP contribution in [-0.4, -0.2) is 34.1 Å². The van der Waals surface area contributed by atoms with Crippen LogP contribution in [0.1, 0.15) is 57.9 Å². The van der Waals surface area contributed by atoms with Crippen LogP contribution in [0.5, 0.6) is 0 Å². The highest BCUT2D eigenvalue weighted by atomic mass is 79.9. The largest absolute Gasteiger partial charge is 0.308 e. The Kier molecular flexibility index (Phi) is 7.34. The lowest BCUT2D eigenvalue weighted by molar-refractivity contribution is -0.122. The van der Waals surface area contributed by atoms with E-state index in [4.69, 9.17) is 12.2 Å². The number of rotatable bonds is 8. The molecule has 2 aliphatic heterocycles. The van der Waals surface area contributed by atoms with Crippen molar-refractivity contribution in [3.63, 3.8) is 0 Å². The molecule has 0 aromatic heterocycles. The predicted octanol–water partition coefficient (Wildman–Crippen LogP) is 5.75. The highest BCUT2D eigenvalue weighted by molar-refractivity contribution is 9.10. The number of carbonyl (C=O) groups excluding carboxylic acids is 2. The molecule has 1 aromatic rings. The van der Waals surface area contributed by atoms with E-state index < -0.39 is 0 Å². The van der Waals surface area contributed by atoms with Crippen LogP contribution in [0.15, 0.2) is 27.6 Å². The quantitative estimate of drug-likeness (QED) is 0.270. The number of amides is 2. The predicted molar refractivity (Wildman–Crippen MR) is 124 cm³/mol. The maximum absolute atomic E-state index is 13.3. The van der Waals surface area contributed by atoms with Crippen molar-refractivity contribution in [1.82, 2.24) is 4.90 Å². The molecule has 28 heavy (non-hydrogen) atoms. The Morgan fingerprint density at radius 1 is 0.964 bits per heavy atom. The van der Waals surface area contributed by atoms with Gasteiger partial charge in [0.25, 0.3) is 11.8 Å². The number of unbranched alkanes of at least 4 members (excludes halogenated alkanes) is 4. The molecule has 2 aliphatic rings. The van der Waals surface area contributed by atoms with E-state index in [9.17, 15) is 9.59 Å². The maximum atomic E-state index is 13.3. The number of hydrogen-bond acceptors (Lipinski definition) is 4. The van der Waals surface area contributed by atoms with Crippen molar-refractivity contribution in [3.05, 3.63) is 33.1 Å². The minimum Gasteiger partial charge on any atom is -0.308 e. The molecule has 0 aliphatic carbocycles. The van der Waals surface area contributed by atoms with Gasteiger partial charge in [-0.1, -0.05) is 79.4 Å². The van der Waals surface area contributed by atoms with Crippen LogP contribution in [0.25, 0.3) is 5.57 Å². The second kappa shape index (κ2) is 9.55. The first kappa shape index (κ1) is 21.5. The summed E-state index contributed by atoms with van der Waals surface area (Å²) in [5.74, 6) is -0.214. The van der Waals surface area contributed by atoms with Gasteiger partial charge in [-0.25, -0.2) is 0 Å². The van der Waals surface area contributed by atoms with Crippen LogP contribution in [0, 0.1) is 0 Å². The molecular formula is C21H25BrN2O2S2. The van der Waals surface area contributed by atoms with Gasteiger partial charge in [0.2, 0.25) is 0 Å². The average molecular weight is 481 g/mol. The van der Waals surface area contributed by atoms with Gasteiger partial charge in [0.1, 0.15) is 4.32 Å². The Hall–Kier alpha value is -1.18. The van der Waals surface area contributed by atoms with Gasteiger partial charge in [-0.15, -0.1) is 0 Å². The van der Waals surface area contributed by atoms with Crippen molar-refractivity contribution in [2.75, 3.05) is 18.0 Å². The van der Waals surface area contributed by atoms with Crippen LogP contribution < -0.4 is 4.90 Å². The van der Waals surface area contributed by atoms with E-state index in [0.717, 1.165) is 54.2 Å². The summed E-state index contributed by atoms with van der Waals surface area (Å²) in [7, 11) is 0. The second-order valence-electron chi connectivity index (χ2n) is 7.06. The number of thiocarbonyl (C=S) groups is 1. The summed E-state index contributed by atoms with van der Waals surface area (Å²) in [6.07, 6.45) is 6.18. The van der Waals surface area contributed by atoms with Crippen molar-refractivity contribution in [1.29, 1.82) is 0 Å². The van der Waals surface area contributed by atoms with Crippen molar-refractivity contribution in [2.45, 2.75) is 52.4 Å². The van der Waals surface area contributed by atoms with E-state index in [1.807, 2.05) is 23.1 Å². The van der Waals surface area contributed by atoms with E-state index in [1.54, 1.807) is 4.90 Å². The Labute approximate surface area is 184 Å². The lowest BCUT2D eigenvalue weighted by atomic mass is 10.1. The molecule has 0 saturated carbocycles. The fourth-order valence-corrected chi connectivity index (χ4v) is 5.27. The number of benzene rings is 1. The van der Waals surface area contributed by atoms with E-state index in [0.29, 0.717) is 27.9 Å². The van der Waals surface area contributed by atoms with Crippen molar-refractivity contribution < 1.29 is 9.59 Å². The summed E-state index contributed by atoms with van der Waals surface area (Å²) in [6, 6.07) is 5.84. The zero-order valence-electron chi connectivity index (χ0n) is 16.3. The zero-order valence-corrected chi connectivity index (χ0v) is 19.5. The molecule has 2 heterocycles. The molecule has 0 atom stereocenters. The number of nitrogens with zero attached hydrogens (tertiary/aromatic N) is 2. The summed E-state index contributed by atoms with van der Waals surface area (Å²) >= 11 is 10.2. The fraction of sp³-hybridized carbons (Fsp3) is 0.476. The van der Waals surface area contributed by atoms with E-state index in [1.165, 1.54) is 11.8 Å². The lowest BCUT2D eigenvalue weighted by Crippen LogP contribution is -2.30. The first-order valence-corrected chi connectivity index (χ1v) is 11.9. The number of fused-ring (bicyclic) bond motifs is 1. The zero-order chi connectivity index (χ0) is 20.3. The minimum atomic E-state index is -0.129. The molecule has 1 saturated heterocycles. The van der Waals surface area contributed by atoms with Gasteiger partial charge >= 0.3 is 0 Å². The van der Waals surface area contributed by atoms with E-state index in [2.05, 4.69) is 29.8 Å². The summed E-state index contributed by atoms with van der Waals surface area (Å²) < 4.78 is 1.45. The molecular weight excluding hydrogens is 456 g/mol. The first-order chi connectivity index (χ1) is 13.5. The van der Waals surface area contributed by atoms with E-state index in [-0.39, 0.29) is 11.8 Å². The van der Waals surface area contributed by atoms with Crippen LogP contribution in [0.3, 0.4) is 0 Å². The normalized spacial score (nSPS) is 19.2. The second-order valence-corrected chi connectivity index (χ2v) is 9.62. The molecule has 0 unspecified atom stereocenters. The summed E-state index contributed by atoms with van der Waals surface area (Å²) in [6.45, 7) is 5.56. The molecule has 0 spiro atoms. The number of halogens is 1. The van der Waals surface area contributed by atoms with Gasteiger partial charge in [0.05, 0.1) is 16.2 Å². The molecule has 0 N–H and O–H groups in total. The minimum absolute atomic E-state index is 0.0849. The molecule has 3 rings (SSSR count). The number of thioether (sulfide) groups is 1. The Morgan fingerprint density at radius 2 is 1.61 bits per heavy atom. The molecule has 2 amide bonds. The Bertz CT molecular complexity index is 838. The number of anilines is 1. The summed E-state index contributed by atoms with van der Waals surface area (Å²) in [5, 5.41) is 0. The molecule has 1 aromatic carbocycles. The van der Waals surface area contributed by atoms with Gasteiger partial charge in [0, 0.05) is 23.1 Å². The van der Waals surface area contributed by atoms with Crippen LogP contribution in [-0.2, 0) is 9.59 Å². The first-order valence-electron chi connectivity index (χ1n) is 9.89. The van der Waals surface area contributed by atoms with Crippen molar-refractivity contribution in [2.24, 2.45) is 0 Å². The van der Waals surface area contributed by atoms with Crippen LogP contribution in [0.2, 0.25) is 0 Å². The van der Waals surface area contributed by atoms with Gasteiger partial charge < -0.3 is 4.90 Å². The molecule has 0 bridgehead atoms. The lowest BCUT2D eigenvalue weighted by Gasteiger charge is -2.17. The van der Waals surface area contributed by atoms with Crippen LogP contribution >= 0.6 is 39.9 Å². The summed E-state index contributed by atoms with van der Waals surface area (Å²) in [4.78, 5) is 30.3. The van der Waals surface area contributed by atoms with Crippen LogP contribution in [0.4, 0.5) is 5.69 Å². The van der Waals surface area contributed by atoms with E-state index >= 15 is 0 Å². The average Bonchev–Trinajstić information content (AvgIpc) is 3.09. The smallest absolute Gasteiger partial charge is 0.267 e. The summed E-state index contributed by atoms with van der Waals surface area (Å²) in [5.41, 5.74) is 2.21. The third-order valence-electron chi connectivity index (χ3n) is 5.02. The third-order valence-corrected chi connectivity index (χ3v) is 6.97.